The molecule has 0 aliphatic carbocycles. The Hall–Kier alpha value is -2.00. The maximum absolute atomic E-state index is 13.5. The molecular weight excluding hydrogens is 287 g/mol. The second-order valence-electron chi connectivity index (χ2n) is 6.60. The van der Waals surface area contributed by atoms with Crippen molar-refractivity contribution in [1.29, 1.82) is 0 Å². The zero-order valence-electron chi connectivity index (χ0n) is 13.2. The number of aromatic nitrogens is 1. The lowest BCUT2D eigenvalue weighted by Gasteiger charge is -2.45. The van der Waals surface area contributed by atoms with E-state index in [-0.39, 0.29) is 5.82 Å². The second kappa shape index (κ2) is 6.25. The molecule has 0 radical (unpaired) electrons. The van der Waals surface area contributed by atoms with Crippen LogP contribution >= 0.6 is 0 Å². The van der Waals surface area contributed by atoms with Crippen LogP contribution in [0.5, 0.6) is 0 Å². The fraction of sp³-hybridized carbons (Fsp3) is 0.350. The molecule has 3 heterocycles. The first-order valence-corrected chi connectivity index (χ1v) is 8.41. The van der Waals surface area contributed by atoms with Crippen molar-refractivity contribution in [2.75, 3.05) is 0 Å². The molecule has 2 aliphatic rings. The van der Waals surface area contributed by atoms with Crippen LogP contribution in [0.15, 0.2) is 54.9 Å². The molecule has 2 bridgehead atoms. The zero-order chi connectivity index (χ0) is 15.6. The molecule has 23 heavy (non-hydrogen) atoms. The molecule has 4 rings (SSSR count). The van der Waals surface area contributed by atoms with Gasteiger partial charge < -0.3 is 0 Å². The van der Waals surface area contributed by atoms with Gasteiger partial charge in [-0.2, -0.15) is 0 Å². The molecule has 1 aromatic carbocycles. The van der Waals surface area contributed by atoms with Gasteiger partial charge in [0.25, 0.3) is 0 Å². The molecule has 118 valence electrons. The third-order valence-corrected chi connectivity index (χ3v) is 5.06. The van der Waals surface area contributed by atoms with E-state index in [0.29, 0.717) is 12.1 Å². The van der Waals surface area contributed by atoms with Gasteiger partial charge in [-0.15, -0.1) is 0 Å². The molecule has 0 amide bonds. The lowest BCUT2D eigenvalue weighted by molar-refractivity contribution is 0.0951. The van der Waals surface area contributed by atoms with Gasteiger partial charge in [-0.25, -0.2) is 4.39 Å². The summed E-state index contributed by atoms with van der Waals surface area (Å²) in [6.07, 6.45) is 10.1. The number of pyridine rings is 1. The Morgan fingerprint density at radius 2 is 2.00 bits per heavy atom. The van der Waals surface area contributed by atoms with Crippen molar-refractivity contribution in [3.8, 4) is 0 Å². The topological polar surface area (TPSA) is 16.1 Å². The van der Waals surface area contributed by atoms with Crippen LogP contribution in [0.4, 0.5) is 4.39 Å². The zero-order valence-corrected chi connectivity index (χ0v) is 13.2. The third-order valence-electron chi connectivity index (χ3n) is 5.06. The SMILES string of the molecule is Fc1cncc(C2=CC3CCCC(C2)N3Cc2ccccc2)c1. The van der Waals surface area contributed by atoms with E-state index in [0.717, 1.165) is 18.5 Å². The lowest BCUT2D eigenvalue weighted by Crippen LogP contribution is -2.47. The smallest absolute Gasteiger partial charge is 0.142 e. The summed E-state index contributed by atoms with van der Waals surface area (Å²) < 4.78 is 13.5. The molecule has 0 spiro atoms. The molecule has 1 saturated heterocycles. The van der Waals surface area contributed by atoms with Gasteiger partial charge in [-0.1, -0.05) is 42.8 Å². The van der Waals surface area contributed by atoms with E-state index in [1.807, 2.05) is 0 Å². The maximum Gasteiger partial charge on any atom is 0.142 e. The van der Waals surface area contributed by atoms with E-state index in [1.165, 1.54) is 36.6 Å². The highest BCUT2D eigenvalue weighted by atomic mass is 19.1. The van der Waals surface area contributed by atoms with Gasteiger partial charge in [0, 0.05) is 24.8 Å². The molecule has 1 aromatic heterocycles. The Balaban J connectivity index is 1.60. The van der Waals surface area contributed by atoms with Crippen LogP contribution in [-0.4, -0.2) is 22.0 Å². The van der Waals surface area contributed by atoms with Crippen LogP contribution < -0.4 is 0 Å². The minimum atomic E-state index is -0.250. The summed E-state index contributed by atoms with van der Waals surface area (Å²) in [5.74, 6) is -0.250. The number of hydrogen-bond acceptors (Lipinski definition) is 2. The third kappa shape index (κ3) is 3.06. The summed E-state index contributed by atoms with van der Waals surface area (Å²) in [7, 11) is 0. The van der Waals surface area contributed by atoms with Crippen LogP contribution in [0.25, 0.3) is 5.57 Å². The number of halogens is 1. The Morgan fingerprint density at radius 1 is 1.13 bits per heavy atom. The molecule has 2 aromatic rings. The van der Waals surface area contributed by atoms with Gasteiger partial charge in [-0.05, 0) is 42.0 Å². The van der Waals surface area contributed by atoms with Crippen LogP contribution in [0.3, 0.4) is 0 Å². The van der Waals surface area contributed by atoms with E-state index >= 15 is 0 Å². The number of fused-ring (bicyclic) bond motifs is 2. The van der Waals surface area contributed by atoms with Crippen molar-refractivity contribution in [3.05, 3.63) is 71.8 Å². The van der Waals surface area contributed by atoms with Gasteiger partial charge in [-0.3, -0.25) is 9.88 Å². The molecule has 0 saturated carbocycles. The Bertz CT molecular complexity index is 711. The van der Waals surface area contributed by atoms with Gasteiger partial charge in [0.1, 0.15) is 5.82 Å². The number of piperidine rings is 1. The van der Waals surface area contributed by atoms with Crippen molar-refractivity contribution in [1.82, 2.24) is 9.88 Å². The largest absolute Gasteiger partial charge is 0.289 e. The van der Waals surface area contributed by atoms with Gasteiger partial charge >= 0.3 is 0 Å². The molecule has 2 aliphatic heterocycles. The van der Waals surface area contributed by atoms with Crippen LogP contribution in [0.1, 0.15) is 36.8 Å². The predicted octanol–water partition coefficient (Wildman–Crippen LogP) is 4.43. The minimum absolute atomic E-state index is 0.250. The Morgan fingerprint density at radius 3 is 2.78 bits per heavy atom. The standard InChI is InChI=1S/C20H21FN2/c21-18-9-17(12-22-13-18)16-10-19-7-4-8-20(11-16)23(19)14-15-5-2-1-3-6-15/h1-3,5-6,9-10,12-13,19-20H,4,7-8,11,14H2. The first-order chi connectivity index (χ1) is 11.3. The number of rotatable bonds is 3. The van der Waals surface area contributed by atoms with Crippen LogP contribution in [0.2, 0.25) is 0 Å². The lowest BCUT2D eigenvalue weighted by atomic mass is 9.83. The summed E-state index contributed by atoms with van der Waals surface area (Å²) in [6.45, 7) is 1.00. The van der Waals surface area contributed by atoms with Crippen LogP contribution in [0, 0.1) is 5.82 Å². The minimum Gasteiger partial charge on any atom is -0.289 e. The second-order valence-corrected chi connectivity index (χ2v) is 6.60. The highest BCUT2D eigenvalue weighted by Gasteiger charge is 2.34. The van der Waals surface area contributed by atoms with E-state index < -0.39 is 0 Å². The maximum atomic E-state index is 13.5. The molecule has 2 nitrogen and oxygen atoms in total. The summed E-state index contributed by atoms with van der Waals surface area (Å²) in [5.41, 5.74) is 3.57. The predicted molar refractivity (Wildman–Crippen MR) is 90.2 cm³/mol. The van der Waals surface area contributed by atoms with Crippen molar-refractivity contribution < 1.29 is 4.39 Å². The molecule has 1 fully saturated rings. The van der Waals surface area contributed by atoms with Crippen molar-refractivity contribution >= 4 is 5.57 Å². The monoisotopic (exact) mass is 308 g/mol. The summed E-state index contributed by atoms with van der Waals surface area (Å²) >= 11 is 0. The van der Waals surface area contributed by atoms with E-state index in [4.69, 9.17) is 0 Å². The van der Waals surface area contributed by atoms with Crippen LogP contribution in [-0.2, 0) is 6.54 Å². The Labute approximate surface area is 136 Å². The number of hydrogen-bond donors (Lipinski definition) is 0. The molecule has 3 heteroatoms. The normalized spacial score (nSPS) is 24.3. The van der Waals surface area contributed by atoms with Gasteiger partial charge in [0.05, 0.1) is 6.20 Å². The van der Waals surface area contributed by atoms with E-state index in [1.54, 1.807) is 12.3 Å². The van der Waals surface area contributed by atoms with Crippen molar-refractivity contribution in [2.45, 2.75) is 44.3 Å². The average Bonchev–Trinajstić information content (AvgIpc) is 2.55. The quantitative estimate of drug-likeness (QED) is 0.834. The molecule has 2 atom stereocenters. The highest BCUT2D eigenvalue weighted by molar-refractivity contribution is 5.67. The first kappa shape index (κ1) is 14.6. The Kier molecular flexibility index (Phi) is 3.96. The van der Waals surface area contributed by atoms with Crippen molar-refractivity contribution in [2.24, 2.45) is 0 Å². The fourth-order valence-electron chi connectivity index (χ4n) is 3.96. The van der Waals surface area contributed by atoms with Gasteiger partial charge in [0.2, 0.25) is 0 Å². The summed E-state index contributed by atoms with van der Waals surface area (Å²) in [4.78, 5) is 6.63. The van der Waals surface area contributed by atoms with Gasteiger partial charge in [0.15, 0.2) is 0 Å². The highest BCUT2D eigenvalue weighted by Crippen LogP contribution is 2.37. The van der Waals surface area contributed by atoms with Crippen molar-refractivity contribution in [3.63, 3.8) is 0 Å². The molecular formula is C20H21FN2. The molecule has 0 N–H and O–H groups in total. The summed E-state index contributed by atoms with van der Waals surface area (Å²) in [6, 6.07) is 13.3. The number of nitrogens with zero attached hydrogens (tertiary/aromatic N) is 2. The number of benzene rings is 1. The summed E-state index contributed by atoms with van der Waals surface area (Å²) in [5, 5.41) is 0. The van der Waals surface area contributed by atoms with E-state index in [2.05, 4.69) is 46.3 Å². The fourth-order valence-corrected chi connectivity index (χ4v) is 3.96. The van der Waals surface area contributed by atoms with E-state index in [9.17, 15) is 4.39 Å². The average molecular weight is 308 g/mol. The molecule has 2 unspecified atom stereocenters. The first-order valence-electron chi connectivity index (χ1n) is 8.41.